The van der Waals surface area contributed by atoms with E-state index in [2.05, 4.69) is 20.4 Å². The maximum absolute atomic E-state index is 13.4. The van der Waals surface area contributed by atoms with Crippen LogP contribution in [0.2, 0.25) is 0 Å². The third-order valence-corrected chi connectivity index (χ3v) is 12.1. The SMILES string of the molecule is COc1cc(N)c(C=NC2CCC(CN3CCN(c4cc5c(c(OC)c4)C(=O)N(C4CCC(=O)NC4=O)C5)CC3)CC2)cc1C(=O)Nc1cccn(C2CC2)c1=O. The van der Waals surface area contributed by atoms with Crippen LogP contribution < -0.4 is 36.3 Å². The fourth-order valence-electron chi connectivity index (χ4n) is 8.72. The van der Waals surface area contributed by atoms with Crippen molar-refractivity contribution in [2.75, 3.05) is 62.9 Å². The zero-order valence-corrected chi connectivity index (χ0v) is 32.5. The molecule has 15 nitrogen and oxygen atoms in total. The lowest BCUT2D eigenvalue weighted by molar-refractivity contribution is -0.136. The Kier molecular flexibility index (Phi) is 10.7. The molecule has 3 aromatic rings. The number of nitrogens with one attached hydrogen (secondary N) is 2. The van der Waals surface area contributed by atoms with Gasteiger partial charge in [-0.3, -0.25) is 39.2 Å². The number of amides is 4. The quantitative estimate of drug-likeness (QED) is 0.148. The number of aromatic nitrogens is 1. The number of hydrogen-bond acceptors (Lipinski definition) is 11. The summed E-state index contributed by atoms with van der Waals surface area (Å²) in [5.74, 6) is -0.00763. The number of nitrogens with two attached hydrogens (primary N) is 1. The predicted octanol–water partition coefficient (Wildman–Crippen LogP) is 3.60. The fraction of sp³-hybridized carbons (Fsp3) is 0.476. The van der Waals surface area contributed by atoms with E-state index in [4.69, 9.17) is 20.2 Å². The largest absolute Gasteiger partial charge is 0.496 e. The molecule has 2 aromatic carbocycles. The maximum atomic E-state index is 13.4. The molecule has 0 radical (unpaired) electrons. The van der Waals surface area contributed by atoms with Crippen molar-refractivity contribution in [2.45, 2.75) is 76.0 Å². The van der Waals surface area contributed by atoms with Gasteiger partial charge in [-0.25, -0.2) is 0 Å². The second kappa shape index (κ2) is 16.0. The molecule has 300 valence electrons. The zero-order chi connectivity index (χ0) is 39.8. The number of nitrogens with zero attached hydrogens (tertiary/aromatic N) is 5. The van der Waals surface area contributed by atoms with Gasteiger partial charge in [0.2, 0.25) is 11.8 Å². The smallest absolute Gasteiger partial charge is 0.274 e. The van der Waals surface area contributed by atoms with E-state index in [9.17, 15) is 24.0 Å². The number of methoxy groups -OCH3 is 2. The molecule has 2 aliphatic carbocycles. The maximum Gasteiger partial charge on any atom is 0.274 e. The van der Waals surface area contributed by atoms with Gasteiger partial charge in [0.05, 0.1) is 25.3 Å². The number of imide groups is 1. The molecule has 3 aliphatic heterocycles. The molecule has 2 saturated heterocycles. The zero-order valence-electron chi connectivity index (χ0n) is 32.5. The highest BCUT2D eigenvalue weighted by Gasteiger charge is 2.41. The third kappa shape index (κ3) is 7.98. The summed E-state index contributed by atoms with van der Waals surface area (Å²) in [6.07, 6.45) is 10.1. The van der Waals surface area contributed by atoms with Gasteiger partial charge < -0.3 is 34.9 Å². The number of carbonyl (C=O) groups is 4. The summed E-state index contributed by atoms with van der Waals surface area (Å²) in [5.41, 5.74) is 10.1. The first kappa shape index (κ1) is 38.2. The molecule has 0 spiro atoms. The van der Waals surface area contributed by atoms with Gasteiger partial charge in [0.15, 0.2) is 0 Å². The average molecular weight is 779 g/mol. The number of carbonyl (C=O) groups excluding carboxylic acids is 4. The molecule has 5 aliphatic rings. The van der Waals surface area contributed by atoms with Crippen LogP contribution in [0.25, 0.3) is 0 Å². The van der Waals surface area contributed by atoms with Crippen molar-refractivity contribution in [1.82, 2.24) is 19.7 Å². The van der Waals surface area contributed by atoms with Gasteiger partial charge in [0, 0.05) is 99.3 Å². The van der Waals surface area contributed by atoms with Crippen LogP contribution >= 0.6 is 0 Å². The van der Waals surface area contributed by atoms with Gasteiger partial charge in [-0.15, -0.1) is 0 Å². The van der Waals surface area contributed by atoms with Crippen molar-refractivity contribution in [2.24, 2.45) is 10.9 Å². The van der Waals surface area contributed by atoms with Crippen molar-refractivity contribution >= 4 is 46.9 Å². The minimum atomic E-state index is -0.669. The summed E-state index contributed by atoms with van der Waals surface area (Å²) < 4.78 is 12.8. The number of anilines is 3. The third-order valence-electron chi connectivity index (χ3n) is 12.1. The van der Waals surface area contributed by atoms with Gasteiger partial charge in [-0.1, -0.05) is 0 Å². The molecule has 4 fully saturated rings. The Labute approximate surface area is 331 Å². The van der Waals surface area contributed by atoms with E-state index in [0.29, 0.717) is 47.2 Å². The van der Waals surface area contributed by atoms with Gasteiger partial charge >= 0.3 is 0 Å². The number of aliphatic imine (C=N–C) groups is 1. The molecule has 1 unspecified atom stereocenters. The van der Waals surface area contributed by atoms with Crippen LogP contribution in [0.4, 0.5) is 17.1 Å². The normalized spacial score (nSPS) is 22.8. The summed E-state index contributed by atoms with van der Waals surface area (Å²) in [5, 5.41) is 5.14. The van der Waals surface area contributed by atoms with Crippen LogP contribution in [0, 0.1) is 5.92 Å². The second-order valence-corrected chi connectivity index (χ2v) is 15.8. The van der Waals surface area contributed by atoms with E-state index >= 15 is 0 Å². The topological polar surface area (TPSA) is 181 Å². The Balaban J connectivity index is 0.834. The lowest BCUT2D eigenvalue weighted by atomic mass is 9.86. The van der Waals surface area contributed by atoms with Gasteiger partial charge in [-0.05, 0) is 80.7 Å². The molecule has 4 N–H and O–H groups in total. The number of ether oxygens (including phenoxy) is 2. The Hall–Kier alpha value is -5.70. The van der Waals surface area contributed by atoms with E-state index < -0.39 is 17.9 Å². The fourth-order valence-corrected chi connectivity index (χ4v) is 8.72. The van der Waals surface area contributed by atoms with Crippen LogP contribution in [-0.4, -0.2) is 103 Å². The van der Waals surface area contributed by atoms with E-state index in [1.165, 1.54) is 7.11 Å². The Morgan fingerprint density at radius 2 is 1.70 bits per heavy atom. The van der Waals surface area contributed by atoms with E-state index in [-0.39, 0.29) is 47.1 Å². The van der Waals surface area contributed by atoms with E-state index in [0.717, 1.165) is 82.5 Å². The summed E-state index contributed by atoms with van der Waals surface area (Å²) in [6.45, 7) is 4.88. The molecule has 4 heterocycles. The summed E-state index contributed by atoms with van der Waals surface area (Å²) >= 11 is 0. The van der Waals surface area contributed by atoms with E-state index in [1.54, 1.807) is 53.3 Å². The van der Waals surface area contributed by atoms with Gasteiger partial charge in [0.1, 0.15) is 23.2 Å². The number of rotatable bonds is 11. The van der Waals surface area contributed by atoms with Crippen LogP contribution in [0.15, 0.2) is 52.4 Å². The number of piperazine rings is 1. The van der Waals surface area contributed by atoms with Crippen molar-refractivity contribution in [3.63, 3.8) is 0 Å². The molecule has 57 heavy (non-hydrogen) atoms. The molecule has 15 heteroatoms. The van der Waals surface area contributed by atoms with Crippen molar-refractivity contribution in [1.29, 1.82) is 0 Å². The Morgan fingerprint density at radius 3 is 2.40 bits per heavy atom. The van der Waals surface area contributed by atoms with Crippen LogP contribution in [0.5, 0.6) is 11.5 Å². The number of nitrogen functional groups attached to an aromatic ring is 1. The van der Waals surface area contributed by atoms with Gasteiger partial charge in [0.25, 0.3) is 17.4 Å². The highest BCUT2D eigenvalue weighted by atomic mass is 16.5. The standard InChI is InChI=1S/C42H50N8O7/c1-56-35-21-32(43)26(19-31(35)39(52)45-33-4-3-13-49(41(33)54)29-9-10-29)22-44-28-7-5-25(6-8-28)23-47-14-16-48(17-15-47)30-18-27-24-50(34-11-12-37(51)46-40(34)53)42(55)38(27)36(20-30)57-2/h3-4,13,18-22,25,28-29,34H,5-12,14-17,23-24,43H2,1-2H3,(H,45,52)(H,46,51,53). The highest BCUT2D eigenvalue weighted by molar-refractivity contribution is 6.08. The van der Waals surface area contributed by atoms with E-state index in [1.807, 2.05) is 12.1 Å². The minimum Gasteiger partial charge on any atom is -0.496 e. The van der Waals surface area contributed by atoms with Crippen LogP contribution in [-0.2, 0) is 16.1 Å². The number of fused-ring (bicyclic) bond motifs is 1. The lowest BCUT2D eigenvalue weighted by Crippen LogP contribution is -2.52. The molecule has 1 aromatic heterocycles. The van der Waals surface area contributed by atoms with Crippen molar-refractivity contribution in [3.8, 4) is 11.5 Å². The summed E-state index contributed by atoms with van der Waals surface area (Å²) in [6, 6.07) is 10.3. The molecule has 1 atom stereocenters. The van der Waals surface area contributed by atoms with Crippen molar-refractivity contribution < 1.29 is 28.7 Å². The minimum absolute atomic E-state index is 0.162. The van der Waals surface area contributed by atoms with Crippen LogP contribution in [0.1, 0.15) is 89.3 Å². The number of benzene rings is 2. The Morgan fingerprint density at radius 1 is 0.947 bits per heavy atom. The number of hydrogen-bond donors (Lipinski definition) is 3. The van der Waals surface area contributed by atoms with Crippen molar-refractivity contribution in [3.05, 3.63) is 75.2 Å². The lowest BCUT2D eigenvalue weighted by Gasteiger charge is -2.39. The first-order valence-electron chi connectivity index (χ1n) is 20.0. The highest BCUT2D eigenvalue weighted by Crippen LogP contribution is 2.38. The van der Waals surface area contributed by atoms with Crippen LogP contribution in [0.3, 0.4) is 0 Å². The molecule has 0 bridgehead atoms. The molecule has 4 amide bonds. The average Bonchev–Trinajstić information content (AvgIpc) is 4.01. The molecule has 8 rings (SSSR count). The number of pyridine rings is 1. The number of piperidine rings is 1. The molecular weight excluding hydrogens is 729 g/mol. The monoisotopic (exact) mass is 778 g/mol. The molecule has 2 saturated carbocycles. The summed E-state index contributed by atoms with van der Waals surface area (Å²) in [7, 11) is 3.04. The summed E-state index contributed by atoms with van der Waals surface area (Å²) in [4.78, 5) is 75.3. The second-order valence-electron chi connectivity index (χ2n) is 15.8. The predicted molar refractivity (Wildman–Crippen MR) is 215 cm³/mol. The first-order chi connectivity index (χ1) is 27.6. The van der Waals surface area contributed by atoms with Gasteiger partial charge in [-0.2, -0.15) is 0 Å². The molecular formula is C42H50N8O7. The first-order valence-corrected chi connectivity index (χ1v) is 20.0. The Bertz CT molecular complexity index is 2170.